The van der Waals surface area contributed by atoms with Gasteiger partial charge in [-0.05, 0) is 37.8 Å². The lowest BCUT2D eigenvalue weighted by atomic mass is 10.1. The number of thioether (sulfide) groups is 1. The molecule has 3 rings (SSSR count). The van der Waals surface area contributed by atoms with Crippen LogP contribution in [-0.4, -0.2) is 31.2 Å². The molecule has 0 unspecified atom stereocenters. The van der Waals surface area contributed by atoms with Gasteiger partial charge in [-0.25, -0.2) is 9.78 Å². The lowest BCUT2D eigenvalue weighted by molar-refractivity contribution is -0.131. The number of aliphatic carboxylic acids is 1. The molecule has 3 aromatic rings. The molecule has 0 aliphatic rings. The van der Waals surface area contributed by atoms with Gasteiger partial charge in [0.1, 0.15) is 10.7 Å². The maximum atomic E-state index is 11.5. The number of fused-ring (bicyclic) bond motifs is 1. The highest BCUT2D eigenvalue weighted by Crippen LogP contribution is 2.30. The van der Waals surface area contributed by atoms with Crippen molar-refractivity contribution in [1.29, 1.82) is 0 Å². The average molecular weight is 314 g/mol. The van der Waals surface area contributed by atoms with E-state index in [1.54, 1.807) is 13.0 Å². The summed E-state index contributed by atoms with van der Waals surface area (Å²) in [6.45, 7) is 3.69. The summed E-state index contributed by atoms with van der Waals surface area (Å²) in [5, 5.41) is 17.5. The van der Waals surface area contributed by atoms with Crippen molar-refractivity contribution >= 4 is 34.7 Å². The Labute approximate surface area is 130 Å². The maximum absolute atomic E-state index is 11.5. The molecule has 2 aromatic heterocycles. The number of hydrogen-bond donors (Lipinski definition) is 3. The van der Waals surface area contributed by atoms with Gasteiger partial charge in [0.15, 0.2) is 0 Å². The molecule has 2 heterocycles. The minimum absolute atomic E-state index is 0.173. The highest BCUT2D eigenvalue weighted by atomic mass is 32.2. The van der Waals surface area contributed by atoms with E-state index in [0.717, 1.165) is 33.9 Å². The third-order valence-electron chi connectivity index (χ3n) is 3.21. The zero-order valence-corrected chi connectivity index (χ0v) is 12.9. The fourth-order valence-corrected chi connectivity index (χ4v) is 2.95. The van der Waals surface area contributed by atoms with Crippen LogP contribution in [0.2, 0.25) is 0 Å². The molecule has 0 aliphatic heterocycles. The van der Waals surface area contributed by atoms with E-state index in [2.05, 4.69) is 20.2 Å². The Balaban J connectivity index is 2.05. The summed E-state index contributed by atoms with van der Waals surface area (Å²) >= 11 is 1.03. The van der Waals surface area contributed by atoms with Crippen molar-refractivity contribution < 1.29 is 9.90 Å². The molecule has 0 fully saturated rings. The van der Waals surface area contributed by atoms with E-state index in [4.69, 9.17) is 0 Å². The minimum atomic E-state index is -1.00. The number of carboxylic acid groups (broad SMARTS) is 1. The molecule has 0 radical (unpaired) electrons. The predicted molar refractivity (Wildman–Crippen MR) is 85.6 cm³/mol. The quantitative estimate of drug-likeness (QED) is 0.508. The lowest BCUT2D eigenvalue weighted by Gasteiger charge is -2.00. The second-order valence-corrected chi connectivity index (χ2v) is 5.84. The number of carbonyl (C=O) groups is 1. The molecule has 0 spiro atoms. The Kier molecular flexibility index (Phi) is 3.72. The van der Waals surface area contributed by atoms with Crippen molar-refractivity contribution in [3.8, 4) is 0 Å². The number of aryl methyl sites for hydroxylation is 2. The number of aromatic nitrogens is 4. The molecule has 1 aromatic carbocycles. The Hall–Kier alpha value is -2.54. The van der Waals surface area contributed by atoms with E-state index in [1.807, 2.05) is 31.2 Å². The van der Waals surface area contributed by atoms with Gasteiger partial charge in [-0.1, -0.05) is 18.2 Å². The van der Waals surface area contributed by atoms with Gasteiger partial charge >= 0.3 is 5.97 Å². The van der Waals surface area contributed by atoms with Gasteiger partial charge in [-0.2, -0.15) is 0 Å². The molecular weight excluding hydrogens is 300 g/mol. The summed E-state index contributed by atoms with van der Waals surface area (Å²) in [7, 11) is 0. The number of benzene rings is 1. The Bertz CT molecular complexity index is 879. The van der Waals surface area contributed by atoms with E-state index in [-0.39, 0.29) is 4.91 Å². The van der Waals surface area contributed by atoms with E-state index >= 15 is 0 Å². The summed E-state index contributed by atoms with van der Waals surface area (Å²) in [6.07, 6.45) is 1.66. The van der Waals surface area contributed by atoms with Crippen LogP contribution >= 0.6 is 11.8 Å². The van der Waals surface area contributed by atoms with Crippen molar-refractivity contribution in [3.63, 3.8) is 0 Å². The monoisotopic (exact) mass is 314 g/mol. The van der Waals surface area contributed by atoms with Crippen LogP contribution in [-0.2, 0) is 4.79 Å². The number of hydrogen-bond acceptors (Lipinski definition) is 4. The molecule has 0 aliphatic carbocycles. The molecule has 0 saturated heterocycles. The first-order valence-electron chi connectivity index (χ1n) is 6.64. The Morgan fingerprint density at radius 1 is 1.32 bits per heavy atom. The van der Waals surface area contributed by atoms with Crippen molar-refractivity contribution in [1.82, 2.24) is 20.2 Å². The molecule has 3 N–H and O–H groups in total. The zero-order chi connectivity index (χ0) is 15.7. The van der Waals surface area contributed by atoms with Crippen molar-refractivity contribution in [2.45, 2.75) is 19.0 Å². The Morgan fingerprint density at radius 3 is 2.77 bits per heavy atom. The largest absolute Gasteiger partial charge is 0.477 e. The lowest BCUT2D eigenvalue weighted by Crippen LogP contribution is -1.97. The second kappa shape index (κ2) is 5.69. The number of H-pyrrole nitrogens is 2. The molecule has 0 saturated carbocycles. The number of rotatable bonds is 4. The highest BCUT2D eigenvalue weighted by Gasteiger charge is 2.15. The summed E-state index contributed by atoms with van der Waals surface area (Å²) in [4.78, 5) is 19.1. The molecule has 22 heavy (non-hydrogen) atoms. The van der Waals surface area contributed by atoms with Gasteiger partial charge in [0, 0.05) is 22.2 Å². The van der Waals surface area contributed by atoms with E-state index < -0.39 is 5.97 Å². The third kappa shape index (κ3) is 2.75. The van der Waals surface area contributed by atoms with E-state index in [9.17, 15) is 9.90 Å². The van der Waals surface area contributed by atoms with Crippen molar-refractivity contribution in [3.05, 3.63) is 46.3 Å². The van der Waals surface area contributed by atoms with Gasteiger partial charge in [-0.15, -0.1) is 5.10 Å². The first-order valence-corrected chi connectivity index (χ1v) is 7.45. The normalized spacial score (nSPS) is 12.0. The second-order valence-electron chi connectivity index (χ2n) is 4.83. The topological polar surface area (TPSA) is 94.7 Å². The van der Waals surface area contributed by atoms with Gasteiger partial charge in [0.2, 0.25) is 5.16 Å². The fourth-order valence-electron chi connectivity index (χ4n) is 2.22. The molecule has 0 amide bonds. The number of nitrogens with one attached hydrogen (secondary N) is 2. The molecule has 0 atom stereocenters. The number of carboxylic acids is 1. The van der Waals surface area contributed by atoms with Gasteiger partial charge < -0.3 is 10.1 Å². The molecular formula is C15H14N4O2S. The molecule has 6 nitrogen and oxygen atoms in total. The van der Waals surface area contributed by atoms with Crippen molar-refractivity contribution in [2.75, 3.05) is 0 Å². The van der Waals surface area contributed by atoms with Crippen LogP contribution < -0.4 is 0 Å². The van der Waals surface area contributed by atoms with Crippen LogP contribution in [0.4, 0.5) is 0 Å². The number of nitrogens with zero attached hydrogens (tertiary/aromatic N) is 2. The SMILES string of the molecule is Cc1nc(S/C(=C\c2c(C)[nH]c3ccccc23)C(=O)O)n[nH]1. The number of para-hydroxylation sites is 1. The van der Waals surface area contributed by atoms with Gasteiger partial charge in [-0.3, -0.25) is 5.10 Å². The zero-order valence-electron chi connectivity index (χ0n) is 12.0. The van der Waals surface area contributed by atoms with Crippen molar-refractivity contribution in [2.24, 2.45) is 0 Å². The third-order valence-corrected chi connectivity index (χ3v) is 4.09. The van der Waals surface area contributed by atoms with Crippen LogP contribution in [0, 0.1) is 13.8 Å². The van der Waals surface area contributed by atoms with E-state index in [0.29, 0.717) is 11.0 Å². The van der Waals surface area contributed by atoms with Crippen LogP contribution in [0.1, 0.15) is 17.1 Å². The highest BCUT2D eigenvalue weighted by molar-refractivity contribution is 8.04. The first kappa shape index (κ1) is 14.4. The standard InChI is InChI=1S/C15H14N4O2S/c1-8-11(10-5-3-4-6-12(10)16-8)7-13(14(20)21)22-15-17-9(2)18-19-15/h3-7,16H,1-2H3,(H,20,21)(H,17,18,19)/b13-7-. The van der Waals surface area contributed by atoms with Crippen LogP contribution in [0.5, 0.6) is 0 Å². The van der Waals surface area contributed by atoms with Crippen LogP contribution in [0.15, 0.2) is 34.3 Å². The summed E-state index contributed by atoms with van der Waals surface area (Å²) in [5.41, 5.74) is 2.77. The summed E-state index contributed by atoms with van der Waals surface area (Å²) in [6, 6.07) is 7.80. The predicted octanol–water partition coefficient (Wildman–Crippen LogP) is 3.12. The van der Waals surface area contributed by atoms with Gasteiger partial charge in [0.05, 0.1) is 0 Å². The number of aromatic amines is 2. The minimum Gasteiger partial charge on any atom is -0.477 e. The fraction of sp³-hybridized carbons (Fsp3) is 0.133. The molecule has 112 valence electrons. The Morgan fingerprint density at radius 2 is 2.09 bits per heavy atom. The average Bonchev–Trinajstić information content (AvgIpc) is 3.02. The molecule has 0 bridgehead atoms. The van der Waals surface area contributed by atoms with Crippen LogP contribution in [0.25, 0.3) is 17.0 Å². The smallest absolute Gasteiger partial charge is 0.342 e. The first-order chi connectivity index (χ1) is 10.5. The summed E-state index contributed by atoms with van der Waals surface area (Å²) < 4.78 is 0. The molecule has 7 heteroatoms. The van der Waals surface area contributed by atoms with Gasteiger partial charge in [0.25, 0.3) is 0 Å². The van der Waals surface area contributed by atoms with E-state index in [1.165, 1.54) is 0 Å². The van der Waals surface area contributed by atoms with Crippen LogP contribution in [0.3, 0.4) is 0 Å². The summed E-state index contributed by atoms with van der Waals surface area (Å²) in [5.74, 6) is -0.354. The maximum Gasteiger partial charge on any atom is 0.342 e.